The fourth-order valence-electron chi connectivity index (χ4n) is 2.48. The Morgan fingerprint density at radius 2 is 2.33 bits per heavy atom. The number of carbonyl (C=O) groups excluding carboxylic acids is 1. The van der Waals surface area contributed by atoms with E-state index in [0.717, 1.165) is 19.5 Å². The summed E-state index contributed by atoms with van der Waals surface area (Å²) in [5, 5.41) is 15.9. The van der Waals surface area contributed by atoms with E-state index >= 15 is 0 Å². The Morgan fingerprint density at radius 3 is 3.00 bits per heavy atom. The van der Waals surface area contributed by atoms with Gasteiger partial charge in [-0.15, -0.1) is 12.4 Å². The number of phenols is 1. The van der Waals surface area contributed by atoms with Crippen molar-refractivity contribution in [3.63, 3.8) is 0 Å². The minimum atomic E-state index is -0.259. The third-order valence-electron chi connectivity index (χ3n) is 3.69. The Kier molecular flexibility index (Phi) is 7.32. The van der Waals surface area contributed by atoms with Crippen LogP contribution < -0.4 is 15.4 Å². The molecular weight excluding hydrogens is 292 g/mol. The number of rotatable bonds is 5. The van der Waals surface area contributed by atoms with Crippen molar-refractivity contribution < 1.29 is 14.6 Å². The van der Waals surface area contributed by atoms with Gasteiger partial charge in [0.1, 0.15) is 11.5 Å². The first-order valence-electron chi connectivity index (χ1n) is 7.06. The molecule has 0 aliphatic carbocycles. The summed E-state index contributed by atoms with van der Waals surface area (Å²) in [6.45, 7) is 2.75. The third kappa shape index (κ3) is 5.10. The van der Waals surface area contributed by atoms with Crippen molar-refractivity contribution in [3.8, 4) is 11.5 Å². The van der Waals surface area contributed by atoms with E-state index in [1.807, 2.05) is 0 Å². The highest BCUT2D eigenvalue weighted by Crippen LogP contribution is 2.22. The van der Waals surface area contributed by atoms with Gasteiger partial charge < -0.3 is 20.5 Å². The molecule has 1 aliphatic rings. The van der Waals surface area contributed by atoms with Crippen molar-refractivity contribution in [2.45, 2.75) is 19.3 Å². The fraction of sp³-hybridized carbons (Fsp3) is 0.533. The zero-order chi connectivity index (χ0) is 14.4. The van der Waals surface area contributed by atoms with Crippen LogP contribution in [-0.4, -0.2) is 37.8 Å². The largest absolute Gasteiger partial charge is 0.507 e. The molecule has 0 bridgehead atoms. The molecular formula is C15H23ClN2O3. The first kappa shape index (κ1) is 17.6. The number of methoxy groups -OCH3 is 1. The van der Waals surface area contributed by atoms with Gasteiger partial charge in [-0.05, 0) is 56.5 Å². The van der Waals surface area contributed by atoms with Crippen LogP contribution >= 0.6 is 12.4 Å². The van der Waals surface area contributed by atoms with Crippen molar-refractivity contribution in [2.75, 3.05) is 26.7 Å². The van der Waals surface area contributed by atoms with Crippen LogP contribution in [0.4, 0.5) is 0 Å². The van der Waals surface area contributed by atoms with Gasteiger partial charge in [-0.1, -0.05) is 0 Å². The molecule has 118 valence electrons. The standard InChI is InChI=1S/C15H22N2O3.ClH/c1-20-12-4-5-14(18)13(9-12)15(19)17-8-6-11-3-2-7-16-10-11;/h4-5,9,11,16,18H,2-3,6-8,10H2,1H3,(H,17,19);1H. The van der Waals surface area contributed by atoms with Gasteiger partial charge in [-0.25, -0.2) is 0 Å². The number of benzene rings is 1. The summed E-state index contributed by atoms with van der Waals surface area (Å²) in [4.78, 5) is 12.0. The Labute approximate surface area is 131 Å². The van der Waals surface area contributed by atoms with E-state index in [1.54, 1.807) is 12.1 Å². The Balaban J connectivity index is 0.00000220. The number of halogens is 1. The van der Waals surface area contributed by atoms with E-state index < -0.39 is 0 Å². The van der Waals surface area contributed by atoms with Crippen molar-refractivity contribution in [3.05, 3.63) is 23.8 Å². The Hall–Kier alpha value is -1.46. The average molecular weight is 315 g/mol. The maximum absolute atomic E-state index is 12.0. The van der Waals surface area contributed by atoms with Crippen LogP contribution in [0.15, 0.2) is 18.2 Å². The number of aromatic hydroxyl groups is 1. The van der Waals surface area contributed by atoms with E-state index in [0.29, 0.717) is 18.2 Å². The minimum Gasteiger partial charge on any atom is -0.507 e. The van der Waals surface area contributed by atoms with Gasteiger partial charge >= 0.3 is 0 Å². The molecule has 1 fully saturated rings. The zero-order valence-electron chi connectivity index (χ0n) is 12.2. The maximum Gasteiger partial charge on any atom is 0.255 e. The van der Waals surface area contributed by atoms with Crippen LogP contribution in [0.3, 0.4) is 0 Å². The first-order valence-corrected chi connectivity index (χ1v) is 7.06. The SMILES string of the molecule is COc1ccc(O)c(C(=O)NCCC2CCCNC2)c1.Cl. The molecule has 1 unspecified atom stereocenters. The molecule has 1 amide bonds. The lowest BCUT2D eigenvalue weighted by molar-refractivity contribution is 0.0947. The maximum atomic E-state index is 12.0. The van der Waals surface area contributed by atoms with Crippen molar-refractivity contribution in [1.29, 1.82) is 0 Å². The molecule has 21 heavy (non-hydrogen) atoms. The summed E-state index contributed by atoms with van der Waals surface area (Å²) in [7, 11) is 1.53. The zero-order valence-corrected chi connectivity index (χ0v) is 13.0. The van der Waals surface area contributed by atoms with E-state index in [9.17, 15) is 9.90 Å². The summed E-state index contributed by atoms with van der Waals surface area (Å²) in [6.07, 6.45) is 3.38. The average Bonchev–Trinajstić information content (AvgIpc) is 2.48. The fourth-order valence-corrected chi connectivity index (χ4v) is 2.48. The molecule has 0 spiro atoms. The topological polar surface area (TPSA) is 70.6 Å². The van der Waals surface area contributed by atoms with Gasteiger partial charge in [0.05, 0.1) is 12.7 Å². The molecule has 1 aromatic rings. The molecule has 6 heteroatoms. The minimum absolute atomic E-state index is 0. The number of ether oxygens (including phenoxy) is 1. The van der Waals surface area contributed by atoms with E-state index in [4.69, 9.17) is 4.74 Å². The lowest BCUT2D eigenvalue weighted by Crippen LogP contribution is -2.33. The predicted octanol–water partition coefficient (Wildman–Crippen LogP) is 1.94. The number of carbonyl (C=O) groups is 1. The van der Waals surface area contributed by atoms with E-state index in [2.05, 4.69) is 10.6 Å². The molecule has 1 heterocycles. The Bertz CT molecular complexity index is 462. The van der Waals surface area contributed by atoms with Crippen LogP contribution in [0, 0.1) is 5.92 Å². The van der Waals surface area contributed by atoms with Gasteiger partial charge in [-0.2, -0.15) is 0 Å². The normalized spacial score (nSPS) is 17.7. The number of nitrogens with one attached hydrogen (secondary N) is 2. The van der Waals surface area contributed by atoms with Crippen LogP contribution in [0.2, 0.25) is 0 Å². The molecule has 0 saturated carbocycles. The molecule has 1 aliphatic heterocycles. The number of phenolic OH excluding ortho intramolecular Hbond substituents is 1. The number of hydrogen-bond donors (Lipinski definition) is 3. The lowest BCUT2D eigenvalue weighted by Gasteiger charge is -2.22. The van der Waals surface area contributed by atoms with Crippen molar-refractivity contribution in [2.24, 2.45) is 5.92 Å². The van der Waals surface area contributed by atoms with E-state index in [-0.39, 0.29) is 29.6 Å². The highest BCUT2D eigenvalue weighted by molar-refractivity contribution is 5.97. The van der Waals surface area contributed by atoms with Crippen molar-refractivity contribution in [1.82, 2.24) is 10.6 Å². The molecule has 5 nitrogen and oxygen atoms in total. The number of piperidine rings is 1. The van der Waals surface area contributed by atoms with Crippen LogP contribution in [-0.2, 0) is 0 Å². The van der Waals surface area contributed by atoms with Gasteiger partial charge in [-0.3, -0.25) is 4.79 Å². The second-order valence-electron chi connectivity index (χ2n) is 5.14. The Morgan fingerprint density at radius 1 is 1.52 bits per heavy atom. The molecule has 0 radical (unpaired) electrons. The second-order valence-corrected chi connectivity index (χ2v) is 5.14. The highest BCUT2D eigenvalue weighted by atomic mass is 35.5. The summed E-state index contributed by atoms with van der Waals surface area (Å²) in [5.74, 6) is 0.903. The monoisotopic (exact) mass is 314 g/mol. The highest BCUT2D eigenvalue weighted by Gasteiger charge is 2.15. The third-order valence-corrected chi connectivity index (χ3v) is 3.69. The predicted molar refractivity (Wildman–Crippen MR) is 84.5 cm³/mol. The molecule has 3 N–H and O–H groups in total. The molecule has 1 aromatic carbocycles. The van der Waals surface area contributed by atoms with Gasteiger partial charge in [0.15, 0.2) is 0 Å². The number of hydrogen-bond acceptors (Lipinski definition) is 4. The quantitative estimate of drug-likeness (QED) is 0.777. The lowest BCUT2D eigenvalue weighted by atomic mass is 9.96. The summed E-state index contributed by atoms with van der Waals surface area (Å²) >= 11 is 0. The van der Waals surface area contributed by atoms with Crippen LogP contribution in [0.25, 0.3) is 0 Å². The van der Waals surface area contributed by atoms with Gasteiger partial charge in [0.2, 0.25) is 0 Å². The molecule has 1 atom stereocenters. The molecule has 2 rings (SSSR count). The summed E-state index contributed by atoms with van der Waals surface area (Å²) in [6, 6.07) is 4.64. The van der Waals surface area contributed by atoms with Crippen LogP contribution in [0.5, 0.6) is 11.5 Å². The first-order chi connectivity index (χ1) is 9.70. The van der Waals surface area contributed by atoms with Crippen molar-refractivity contribution >= 4 is 18.3 Å². The van der Waals surface area contributed by atoms with E-state index in [1.165, 1.54) is 26.0 Å². The van der Waals surface area contributed by atoms with Crippen LogP contribution in [0.1, 0.15) is 29.6 Å². The summed E-state index contributed by atoms with van der Waals surface area (Å²) < 4.78 is 5.06. The van der Waals surface area contributed by atoms with Gasteiger partial charge in [0.25, 0.3) is 5.91 Å². The van der Waals surface area contributed by atoms with Gasteiger partial charge in [0, 0.05) is 6.54 Å². The second kappa shape index (κ2) is 8.74. The molecule has 0 aromatic heterocycles. The summed E-state index contributed by atoms with van der Waals surface area (Å²) in [5.41, 5.74) is 0.256. The smallest absolute Gasteiger partial charge is 0.255 e. The molecule has 1 saturated heterocycles. The number of amides is 1.